The van der Waals surface area contributed by atoms with Crippen LogP contribution in [-0.2, 0) is 0 Å². The van der Waals surface area contributed by atoms with Gasteiger partial charge in [-0.2, -0.15) is 0 Å². The lowest BCUT2D eigenvalue weighted by molar-refractivity contribution is 0.265. The van der Waals surface area contributed by atoms with Crippen LogP contribution in [0, 0.1) is 0 Å². The molecule has 6 heteroatoms. The highest BCUT2D eigenvalue weighted by Gasteiger charge is 2.03. The van der Waals surface area contributed by atoms with Gasteiger partial charge in [0.25, 0.3) is 0 Å². The van der Waals surface area contributed by atoms with Crippen LogP contribution in [-0.4, -0.2) is 13.2 Å². The van der Waals surface area contributed by atoms with Gasteiger partial charge in [-0.1, -0.05) is 31.9 Å². The normalized spacial score (nSPS) is 10.5. The number of ether oxygens (including phenoxy) is 2. The van der Waals surface area contributed by atoms with E-state index in [0.29, 0.717) is 13.2 Å². The quantitative estimate of drug-likeness (QED) is 0.342. The van der Waals surface area contributed by atoms with E-state index in [1.165, 1.54) is 0 Å². The summed E-state index contributed by atoms with van der Waals surface area (Å²) in [6, 6.07) is 11.8. The van der Waals surface area contributed by atoms with Gasteiger partial charge in [0.2, 0.25) is 0 Å². The number of hydrogen-bond acceptors (Lipinski definition) is 2. The molecule has 0 aliphatic rings. The average molecular weight is 558 g/mol. The van der Waals surface area contributed by atoms with Gasteiger partial charge < -0.3 is 9.47 Å². The Hall–Kier alpha value is -0.0400. The molecule has 0 radical (unpaired) electrons. The first kappa shape index (κ1) is 18.3. The SMILES string of the molecule is Brc1ccc(OCCCCOc2ccc(Br)cc2Br)c(Br)c1. The van der Waals surface area contributed by atoms with E-state index < -0.39 is 0 Å². The standard InChI is InChI=1S/C16H14Br4O2/c17-11-3-5-15(13(19)9-11)21-7-1-2-8-22-16-6-4-12(18)10-14(16)20/h3-6,9-10H,1-2,7-8H2. The Morgan fingerprint density at radius 1 is 0.636 bits per heavy atom. The Bertz CT molecular complexity index is 576. The molecule has 0 aromatic heterocycles. The Balaban J connectivity index is 1.67. The topological polar surface area (TPSA) is 18.5 Å². The van der Waals surface area contributed by atoms with E-state index in [9.17, 15) is 0 Å². The zero-order valence-corrected chi connectivity index (χ0v) is 18.0. The highest BCUT2D eigenvalue weighted by molar-refractivity contribution is 9.11. The lowest BCUT2D eigenvalue weighted by Gasteiger charge is -2.10. The third-order valence-corrected chi connectivity index (χ3v) is 5.07. The fraction of sp³-hybridized carbons (Fsp3) is 0.250. The second kappa shape index (κ2) is 9.30. The third kappa shape index (κ3) is 5.87. The third-order valence-electron chi connectivity index (χ3n) is 2.84. The fourth-order valence-corrected chi connectivity index (χ4v) is 4.08. The van der Waals surface area contributed by atoms with E-state index >= 15 is 0 Å². The monoisotopic (exact) mass is 554 g/mol. The Labute approximate surface area is 164 Å². The molecule has 0 N–H and O–H groups in total. The molecule has 2 rings (SSSR count). The van der Waals surface area contributed by atoms with Gasteiger partial charge in [0.1, 0.15) is 11.5 Å². The summed E-state index contributed by atoms with van der Waals surface area (Å²) in [4.78, 5) is 0. The van der Waals surface area contributed by atoms with Gasteiger partial charge in [0.05, 0.1) is 22.2 Å². The predicted molar refractivity (Wildman–Crippen MR) is 104 cm³/mol. The molecular weight excluding hydrogens is 544 g/mol. The van der Waals surface area contributed by atoms with Gasteiger partial charge in [-0.15, -0.1) is 0 Å². The second-order valence-electron chi connectivity index (χ2n) is 4.55. The molecular formula is C16H14Br4O2. The number of benzene rings is 2. The minimum atomic E-state index is 0.672. The molecule has 0 atom stereocenters. The molecule has 0 spiro atoms. The number of hydrogen-bond donors (Lipinski definition) is 0. The molecule has 22 heavy (non-hydrogen) atoms. The highest BCUT2D eigenvalue weighted by Crippen LogP contribution is 2.29. The van der Waals surface area contributed by atoms with Crippen LogP contribution >= 0.6 is 63.7 Å². The van der Waals surface area contributed by atoms with Crippen LogP contribution in [0.15, 0.2) is 54.3 Å². The summed E-state index contributed by atoms with van der Waals surface area (Å²) in [6.45, 7) is 1.34. The molecule has 0 aliphatic carbocycles. The summed E-state index contributed by atoms with van der Waals surface area (Å²) in [5, 5.41) is 0. The Morgan fingerprint density at radius 2 is 1.05 bits per heavy atom. The molecule has 0 fully saturated rings. The maximum Gasteiger partial charge on any atom is 0.133 e. The van der Waals surface area contributed by atoms with Gasteiger partial charge in [0.15, 0.2) is 0 Å². The molecule has 2 nitrogen and oxygen atoms in total. The van der Waals surface area contributed by atoms with Crippen molar-refractivity contribution in [1.82, 2.24) is 0 Å². The molecule has 0 heterocycles. The molecule has 0 aliphatic heterocycles. The van der Waals surface area contributed by atoms with E-state index in [4.69, 9.17) is 9.47 Å². The van der Waals surface area contributed by atoms with Gasteiger partial charge in [-0.25, -0.2) is 0 Å². The zero-order valence-electron chi connectivity index (χ0n) is 11.6. The van der Waals surface area contributed by atoms with Crippen molar-refractivity contribution in [3.8, 4) is 11.5 Å². The summed E-state index contributed by atoms with van der Waals surface area (Å²) in [6.07, 6.45) is 1.88. The predicted octanol–water partition coefficient (Wildman–Crippen LogP) is 6.97. The van der Waals surface area contributed by atoms with Gasteiger partial charge >= 0.3 is 0 Å². The van der Waals surface area contributed by atoms with E-state index in [-0.39, 0.29) is 0 Å². The average Bonchev–Trinajstić information content (AvgIpc) is 2.46. The van der Waals surface area contributed by atoms with Crippen LogP contribution in [0.4, 0.5) is 0 Å². The molecule has 0 unspecified atom stereocenters. The van der Waals surface area contributed by atoms with Crippen molar-refractivity contribution in [2.75, 3.05) is 13.2 Å². The van der Waals surface area contributed by atoms with Crippen molar-refractivity contribution in [2.45, 2.75) is 12.8 Å². The maximum atomic E-state index is 5.74. The lowest BCUT2D eigenvalue weighted by atomic mass is 10.3. The number of halogens is 4. The Morgan fingerprint density at radius 3 is 1.41 bits per heavy atom. The first-order valence-electron chi connectivity index (χ1n) is 6.72. The molecule has 0 saturated carbocycles. The largest absolute Gasteiger partial charge is 0.492 e. The molecule has 2 aromatic carbocycles. The van der Waals surface area contributed by atoms with Crippen molar-refractivity contribution in [3.05, 3.63) is 54.3 Å². The number of unbranched alkanes of at least 4 members (excludes halogenated alkanes) is 1. The second-order valence-corrected chi connectivity index (χ2v) is 8.09. The van der Waals surface area contributed by atoms with Crippen molar-refractivity contribution in [3.63, 3.8) is 0 Å². The van der Waals surface area contributed by atoms with Gasteiger partial charge in [0, 0.05) is 8.95 Å². The minimum Gasteiger partial charge on any atom is -0.492 e. The van der Waals surface area contributed by atoms with Gasteiger partial charge in [-0.3, -0.25) is 0 Å². The van der Waals surface area contributed by atoms with Crippen LogP contribution in [0.1, 0.15) is 12.8 Å². The summed E-state index contributed by atoms with van der Waals surface area (Å²) in [5.41, 5.74) is 0. The van der Waals surface area contributed by atoms with Gasteiger partial charge in [-0.05, 0) is 81.1 Å². The lowest BCUT2D eigenvalue weighted by Crippen LogP contribution is -2.03. The summed E-state index contributed by atoms with van der Waals surface area (Å²) in [5.74, 6) is 1.72. The van der Waals surface area contributed by atoms with Crippen molar-refractivity contribution >= 4 is 63.7 Å². The van der Waals surface area contributed by atoms with E-state index in [0.717, 1.165) is 42.2 Å². The minimum absolute atomic E-state index is 0.672. The van der Waals surface area contributed by atoms with Crippen LogP contribution in [0.25, 0.3) is 0 Å². The van der Waals surface area contributed by atoms with Crippen LogP contribution in [0.3, 0.4) is 0 Å². The van der Waals surface area contributed by atoms with E-state index in [1.807, 2.05) is 36.4 Å². The molecule has 2 aromatic rings. The molecule has 0 amide bonds. The Kier molecular flexibility index (Phi) is 7.74. The summed E-state index contributed by atoms with van der Waals surface area (Å²) >= 11 is 13.8. The van der Waals surface area contributed by atoms with E-state index in [2.05, 4.69) is 63.7 Å². The highest BCUT2D eigenvalue weighted by atomic mass is 79.9. The fourth-order valence-electron chi connectivity index (χ4n) is 1.75. The van der Waals surface area contributed by atoms with Crippen molar-refractivity contribution in [2.24, 2.45) is 0 Å². The van der Waals surface area contributed by atoms with Crippen molar-refractivity contribution in [1.29, 1.82) is 0 Å². The van der Waals surface area contributed by atoms with Crippen molar-refractivity contribution < 1.29 is 9.47 Å². The summed E-state index contributed by atoms with van der Waals surface area (Å²) < 4.78 is 15.5. The molecule has 0 bridgehead atoms. The number of rotatable bonds is 7. The smallest absolute Gasteiger partial charge is 0.133 e. The molecule has 0 saturated heterocycles. The maximum absolute atomic E-state index is 5.74. The zero-order chi connectivity index (χ0) is 15.9. The molecule has 118 valence electrons. The van der Waals surface area contributed by atoms with Crippen LogP contribution in [0.5, 0.6) is 11.5 Å². The van der Waals surface area contributed by atoms with Crippen LogP contribution in [0.2, 0.25) is 0 Å². The summed E-state index contributed by atoms with van der Waals surface area (Å²) in [7, 11) is 0. The van der Waals surface area contributed by atoms with E-state index in [1.54, 1.807) is 0 Å². The first-order chi connectivity index (χ1) is 10.6. The first-order valence-corrected chi connectivity index (χ1v) is 9.89. The van der Waals surface area contributed by atoms with Crippen LogP contribution < -0.4 is 9.47 Å².